The van der Waals surface area contributed by atoms with E-state index in [0.717, 1.165) is 44.4 Å². The maximum atomic E-state index is 5.70. The van der Waals surface area contributed by atoms with E-state index < -0.39 is 0 Å². The van der Waals surface area contributed by atoms with Crippen LogP contribution in [0.2, 0.25) is 0 Å². The van der Waals surface area contributed by atoms with Gasteiger partial charge in [-0.1, -0.05) is 12.1 Å². The lowest BCUT2D eigenvalue weighted by molar-refractivity contribution is 0.0536. The monoisotopic (exact) mass is 505 g/mol. The highest BCUT2D eigenvalue weighted by atomic mass is 127. The SMILES string of the molecule is CCNC(=NCc1ccc(OC(C)C)cc1)N1CCC(COCCOC)C1.I. The Morgan fingerprint density at radius 2 is 2.00 bits per heavy atom. The Kier molecular flexibility index (Phi) is 12.5. The number of benzene rings is 1. The molecule has 2 rings (SSSR count). The molecule has 6 nitrogen and oxygen atoms in total. The van der Waals surface area contributed by atoms with Gasteiger partial charge in [-0.15, -0.1) is 24.0 Å². The summed E-state index contributed by atoms with van der Waals surface area (Å²) in [6, 6.07) is 8.20. The van der Waals surface area contributed by atoms with Gasteiger partial charge in [-0.25, -0.2) is 4.99 Å². The van der Waals surface area contributed by atoms with Crippen LogP contribution >= 0.6 is 24.0 Å². The zero-order chi connectivity index (χ0) is 19.5. The highest BCUT2D eigenvalue weighted by Gasteiger charge is 2.24. The molecule has 160 valence electrons. The first-order chi connectivity index (χ1) is 13.1. The minimum absolute atomic E-state index is 0. The van der Waals surface area contributed by atoms with Gasteiger partial charge in [0.15, 0.2) is 5.96 Å². The molecular weight excluding hydrogens is 469 g/mol. The lowest BCUT2D eigenvalue weighted by Crippen LogP contribution is -2.40. The summed E-state index contributed by atoms with van der Waals surface area (Å²) in [5.41, 5.74) is 1.18. The summed E-state index contributed by atoms with van der Waals surface area (Å²) in [4.78, 5) is 7.17. The van der Waals surface area contributed by atoms with E-state index in [1.807, 2.05) is 26.0 Å². The number of hydrogen-bond acceptors (Lipinski definition) is 4. The molecule has 0 aromatic heterocycles. The third-order valence-corrected chi connectivity index (χ3v) is 4.41. The number of likely N-dealkylation sites (tertiary alicyclic amines) is 1. The molecule has 1 aliphatic rings. The van der Waals surface area contributed by atoms with Crippen molar-refractivity contribution >= 4 is 29.9 Å². The van der Waals surface area contributed by atoms with Gasteiger partial charge in [-0.2, -0.15) is 0 Å². The molecule has 1 heterocycles. The lowest BCUT2D eigenvalue weighted by Gasteiger charge is -2.21. The van der Waals surface area contributed by atoms with Gasteiger partial charge in [0, 0.05) is 32.7 Å². The average Bonchev–Trinajstić information content (AvgIpc) is 3.12. The Bertz CT molecular complexity index is 567. The molecule has 0 spiro atoms. The van der Waals surface area contributed by atoms with Gasteiger partial charge < -0.3 is 24.4 Å². The molecule has 0 radical (unpaired) electrons. The average molecular weight is 505 g/mol. The number of nitrogens with zero attached hydrogens (tertiary/aromatic N) is 2. The van der Waals surface area contributed by atoms with Crippen LogP contribution in [0.4, 0.5) is 0 Å². The second-order valence-corrected chi connectivity index (χ2v) is 7.15. The standard InChI is InChI=1S/C21H35N3O3.HI/c1-5-22-21(24-11-10-19(15-24)16-26-13-12-25-4)23-14-18-6-8-20(9-7-18)27-17(2)3;/h6-9,17,19H,5,10-16H2,1-4H3,(H,22,23);1H. The number of nitrogens with one attached hydrogen (secondary N) is 1. The molecule has 1 unspecified atom stereocenters. The number of hydrogen-bond donors (Lipinski definition) is 1. The normalized spacial score (nSPS) is 17.0. The fourth-order valence-corrected chi connectivity index (χ4v) is 3.09. The molecule has 1 fully saturated rings. The van der Waals surface area contributed by atoms with E-state index in [0.29, 0.717) is 25.7 Å². The van der Waals surface area contributed by atoms with Gasteiger partial charge in [-0.05, 0) is 44.9 Å². The molecule has 1 saturated heterocycles. The van der Waals surface area contributed by atoms with Crippen LogP contribution in [-0.2, 0) is 16.0 Å². The van der Waals surface area contributed by atoms with Crippen molar-refractivity contribution in [2.45, 2.75) is 39.8 Å². The summed E-state index contributed by atoms with van der Waals surface area (Å²) in [6.07, 6.45) is 1.33. The summed E-state index contributed by atoms with van der Waals surface area (Å²) in [6.45, 7) is 11.8. The van der Waals surface area contributed by atoms with Gasteiger partial charge in [-0.3, -0.25) is 0 Å². The first kappa shape index (κ1) is 25.0. The molecule has 1 N–H and O–H groups in total. The Morgan fingerprint density at radius 3 is 2.64 bits per heavy atom. The largest absolute Gasteiger partial charge is 0.491 e. The predicted molar refractivity (Wildman–Crippen MR) is 125 cm³/mol. The maximum Gasteiger partial charge on any atom is 0.194 e. The molecular formula is C21H36IN3O3. The lowest BCUT2D eigenvalue weighted by atomic mass is 10.1. The number of rotatable bonds is 10. The molecule has 0 bridgehead atoms. The summed E-state index contributed by atoms with van der Waals surface area (Å²) >= 11 is 0. The third kappa shape index (κ3) is 8.96. The number of guanidine groups is 1. The minimum atomic E-state index is 0. The first-order valence-electron chi connectivity index (χ1n) is 9.98. The van der Waals surface area contributed by atoms with Gasteiger partial charge in [0.1, 0.15) is 5.75 Å². The first-order valence-corrected chi connectivity index (χ1v) is 9.98. The quantitative estimate of drug-likeness (QED) is 0.228. The number of ether oxygens (including phenoxy) is 3. The van der Waals surface area contributed by atoms with Crippen molar-refractivity contribution in [3.05, 3.63) is 29.8 Å². The van der Waals surface area contributed by atoms with Crippen LogP contribution in [0.1, 0.15) is 32.8 Å². The Morgan fingerprint density at radius 1 is 1.25 bits per heavy atom. The zero-order valence-electron chi connectivity index (χ0n) is 17.6. The third-order valence-electron chi connectivity index (χ3n) is 4.41. The van der Waals surface area contributed by atoms with Gasteiger partial charge >= 0.3 is 0 Å². The zero-order valence-corrected chi connectivity index (χ0v) is 20.0. The van der Waals surface area contributed by atoms with E-state index in [9.17, 15) is 0 Å². The number of aliphatic imine (C=N–C) groups is 1. The molecule has 0 amide bonds. The molecule has 1 aliphatic heterocycles. The van der Waals surface area contributed by atoms with Crippen molar-refractivity contribution in [1.29, 1.82) is 0 Å². The van der Waals surface area contributed by atoms with Crippen LogP contribution in [-0.4, -0.2) is 63.5 Å². The van der Waals surface area contributed by atoms with E-state index in [2.05, 4.69) is 29.3 Å². The highest BCUT2D eigenvalue weighted by molar-refractivity contribution is 14.0. The second kappa shape index (κ2) is 14.0. The van der Waals surface area contributed by atoms with Gasteiger partial charge in [0.05, 0.1) is 32.5 Å². The maximum absolute atomic E-state index is 5.70. The predicted octanol–water partition coefficient (Wildman–Crippen LogP) is 3.54. The molecule has 28 heavy (non-hydrogen) atoms. The van der Waals surface area contributed by atoms with E-state index in [4.69, 9.17) is 19.2 Å². The van der Waals surface area contributed by atoms with E-state index in [1.165, 1.54) is 5.56 Å². The van der Waals surface area contributed by atoms with Gasteiger partial charge in [0.2, 0.25) is 0 Å². The van der Waals surface area contributed by atoms with Crippen LogP contribution in [0.15, 0.2) is 29.3 Å². The van der Waals surface area contributed by atoms with E-state index in [1.54, 1.807) is 7.11 Å². The van der Waals surface area contributed by atoms with Crippen molar-refractivity contribution in [1.82, 2.24) is 10.2 Å². The Hall–Kier alpha value is -1.06. The number of methoxy groups -OCH3 is 1. The topological polar surface area (TPSA) is 55.3 Å². The molecule has 1 aromatic rings. The summed E-state index contributed by atoms with van der Waals surface area (Å²) < 4.78 is 16.4. The number of halogens is 1. The fraction of sp³-hybridized carbons (Fsp3) is 0.667. The van der Waals surface area contributed by atoms with E-state index >= 15 is 0 Å². The van der Waals surface area contributed by atoms with Crippen molar-refractivity contribution < 1.29 is 14.2 Å². The molecule has 1 aromatic carbocycles. The Labute approximate surface area is 187 Å². The van der Waals surface area contributed by atoms with Crippen molar-refractivity contribution in [2.24, 2.45) is 10.9 Å². The molecule has 0 saturated carbocycles. The van der Waals surface area contributed by atoms with Crippen LogP contribution < -0.4 is 10.1 Å². The van der Waals surface area contributed by atoms with Crippen molar-refractivity contribution in [2.75, 3.05) is 46.6 Å². The summed E-state index contributed by atoms with van der Waals surface area (Å²) in [5.74, 6) is 2.44. The van der Waals surface area contributed by atoms with E-state index in [-0.39, 0.29) is 30.1 Å². The highest BCUT2D eigenvalue weighted by Crippen LogP contribution is 2.18. The Balaban J connectivity index is 0.00000392. The summed E-state index contributed by atoms with van der Waals surface area (Å²) in [7, 11) is 1.70. The van der Waals surface area contributed by atoms with Crippen molar-refractivity contribution in [3.63, 3.8) is 0 Å². The van der Waals surface area contributed by atoms with Gasteiger partial charge in [0.25, 0.3) is 0 Å². The van der Waals surface area contributed by atoms with Crippen LogP contribution in [0, 0.1) is 5.92 Å². The summed E-state index contributed by atoms with van der Waals surface area (Å²) in [5, 5.41) is 3.42. The van der Waals surface area contributed by atoms with Crippen LogP contribution in [0.25, 0.3) is 0 Å². The molecule has 1 atom stereocenters. The second-order valence-electron chi connectivity index (χ2n) is 7.15. The molecule has 7 heteroatoms. The van der Waals surface area contributed by atoms with Crippen LogP contribution in [0.3, 0.4) is 0 Å². The fourth-order valence-electron chi connectivity index (χ4n) is 3.09. The van der Waals surface area contributed by atoms with Crippen molar-refractivity contribution in [3.8, 4) is 5.75 Å². The minimum Gasteiger partial charge on any atom is -0.491 e. The molecule has 0 aliphatic carbocycles. The smallest absolute Gasteiger partial charge is 0.194 e. The van der Waals surface area contributed by atoms with Crippen LogP contribution in [0.5, 0.6) is 5.75 Å².